The Kier molecular flexibility index (Phi) is 7.19. The third-order valence-electron chi connectivity index (χ3n) is 3.23. The Morgan fingerprint density at radius 2 is 2.11 bits per heavy atom. The Labute approximate surface area is 114 Å². The smallest absolute Gasteiger partial charge is 0.159 e. The van der Waals surface area contributed by atoms with Gasteiger partial charge in [-0.05, 0) is 31.8 Å². The number of aliphatic hydroxyl groups is 1. The molecule has 1 atom stereocenters. The number of nitrogens with zero attached hydrogens (tertiary/aromatic N) is 1. The maximum absolute atomic E-state index is 10.3. The third kappa shape index (κ3) is 8.51. The van der Waals surface area contributed by atoms with E-state index in [4.69, 9.17) is 4.74 Å². The minimum absolute atomic E-state index is 0.0206. The van der Waals surface area contributed by atoms with Crippen molar-refractivity contribution in [2.75, 3.05) is 39.4 Å². The fourth-order valence-electron chi connectivity index (χ4n) is 1.96. The van der Waals surface area contributed by atoms with Crippen molar-refractivity contribution in [1.29, 1.82) is 0 Å². The van der Waals surface area contributed by atoms with Crippen molar-refractivity contribution in [3.8, 4) is 0 Å². The molecule has 19 heavy (non-hydrogen) atoms. The van der Waals surface area contributed by atoms with Gasteiger partial charge in [0.15, 0.2) is 10.3 Å². The zero-order valence-corrected chi connectivity index (χ0v) is 12.1. The number of hydrogen-bond acceptors (Lipinski definition) is 6. The molecule has 7 nitrogen and oxygen atoms in total. The van der Waals surface area contributed by atoms with Crippen LogP contribution in [0.3, 0.4) is 0 Å². The van der Waals surface area contributed by atoms with E-state index < -0.39 is 16.4 Å². The number of aliphatic hydroxyl groups excluding tert-OH is 1. The summed E-state index contributed by atoms with van der Waals surface area (Å²) >= 11 is 0. The number of nitrogens with one attached hydrogen (secondary N) is 1. The molecule has 114 valence electrons. The van der Waals surface area contributed by atoms with Gasteiger partial charge in [0, 0.05) is 13.1 Å². The first-order valence-corrected chi connectivity index (χ1v) is 7.96. The zero-order valence-electron chi connectivity index (χ0n) is 11.2. The molecular formula is C11H23N2O5S-. The minimum Gasteiger partial charge on any atom is -0.735 e. The van der Waals surface area contributed by atoms with E-state index in [-0.39, 0.29) is 13.2 Å². The Bertz CT molecular complexity index is 341. The van der Waals surface area contributed by atoms with Gasteiger partial charge in [-0.25, -0.2) is 13.1 Å². The van der Waals surface area contributed by atoms with E-state index >= 15 is 0 Å². The van der Waals surface area contributed by atoms with Crippen LogP contribution >= 0.6 is 0 Å². The van der Waals surface area contributed by atoms with Crippen molar-refractivity contribution >= 4 is 10.3 Å². The maximum Gasteiger partial charge on any atom is 0.159 e. The van der Waals surface area contributed by atoms with E-state index in [1.165, 1.54) is 12.8 Å². The molecule has 1 saturated heterocycles. The average Bonchev–Trinajstić information content (AvgIpc) is 2.33. The van der Waals surface area contributed by atoms with Crippen LogP contribution in [0.5, 0.6) is 0 Å². The van der Waals surface area contributed by atoms with E-state index in [1.807, 2.05) is 0 Å². The summed E-state index contributed by atoms with van der Waals surface area (Å²) in [4.78, 5) is 2.31. The lowest BCUT2D eigenvalue weighted by molar-refractivity contribution is 0.0259. The Morgan fingerprint density at radius 1 is 1.47 bits per heavy atom. The number of likely N-dealkylation sites (tertiary alicyclic amines) is 1. The summed E-state index contributed by atoms with van der Waals surface area (Å²) in [5.74, 6) is 0.791. The molecule has 0 aromatic heterocycles. The highest BCUT2D eigenvalue weighted by Gasteiger charge is 2.15. The predicted molar refractivity (Wildman–Crippen MR) is 69.4 cm³/mol. The number of hydrogen-bond donors (Lipinski definition) is 2. The standard InChI is InChI=1S/C11H24N2O5S/c1-10-2-4-13(5-3-10)6-7-18-9-11(14)8-12-19(15,16)17/h10-12,14H,2-9H2,1H3,(H,15,16,17)/p-1. The van der Waals surface area contributed by atoms with Gasteiger partial charge in [0.1, 0.15) is 0 Å². The van der Waals surface area contributed by atoms with Crippen LogP contribution < -0.4 is 4.72 Å². The number of rotatable bonds is 8. The number of piperidine rings is 1. The fourth-order valence-corrected chi connectivity index (χ4v) is 2.35. The zero-order chi connectivity index (χ0) is 14.3. The first-order chi connectivity index (χ1) is 8.87. The molecule has 1 aliphatic rings. The lowest BCUT2D eigenvalue weighted by atomic mass is 9.99. The molecule has 0 bridgehead atoms. The molecular weight excluding hydrogens is 272 g/mol. The lowest BCUT2D eigenvalue weighted by Gasteiger charge is -2.30. The third-order valence-corrected chi connectivity index (χ3v) is 3.75. The highest BCUT2D eigenvalue weighted by atomic mass is 32.2. The van der Waals surface area contributed by atoms with Crippen molar-refractivity contribution in [1.82, 2.24) is 9.62 Å². The quantitative estimate of drug-likeness (QED) is 0.446. The molecule has 0 spiro atoms. The molecule has 1 rings (SSSR count). The van der Waals surface area contributed by atoms with Crippen molar-refractivity contribution in [2.45, 2.75) is 25.9 Å². The van der Waals surface area contributed by atoms with Crippen molar-refractivity contribution in [2.24, 2.45) is 5.92 Å². The number of ether oxygens (including phenoxy) is 1. The van der Waals surface area contributed by atoms with Crippen molar-refractivity contribution < 1.29 is 22.8 Å². The van der Waals surface area contributed by atoms with E-state index in [1.54, 1.807) is 4.72 Å². The van der Waals surface area contributed by atoms with Crippen LogP contribution in [0.15, 0.2) is 0 Å². The summed E-state index contributed by atoms with van der Waals surface area (Å²) in [6, 6.07) is 0. The monoisotopic (exact) mass is 295 g/mol. The van der Waals surface area contributed by atoms with Crippen LogP contribution in [0.2, 0.25) is 0 Å². The normalized spacial score (nSPS) is 20.6. The SMILES string of the molecule is CC1CCN(CCOCC(O)CNS(=O)(=O)[O-])CC1. The molecule has 1 unspecified atom stereocenters. The molecule has 0 amide bonds. The molecule has 0 radical (unpaired) electrons. The lowest BCUT2D eigenvalue weighted by Crippen LogP contribution is -2.37. The Morgan fingerprint density at radius 3 is 2.68 bits per heavy atom. The first-order valence-electron chi connectivity index (χ1n) is 6.55. The molecule has 1 aliphatic heterocycles. The van der Waals surface area contributed by atoms with Gasteiger partial charge >= 0.3 is 0 Å². The van der Waals surface area contributed by atoms with Gasteiger partial charge in [0.2, 0.25) is 0 Å². The summed E-state index contributed by atoms with van der Waals surface area (Å²) in [5, 5.41) is 9.38. The summed E-state index contributed by atoms with van der Waals surface area (Å²) < 4.78 is 37.8. The first kappa shape index (κ1) is 16.8. The van der Waals surface area contributed by atoms with Gasteiger partial charge < -0.3 is 19.3 Å². The average molecular weight is 295 g/mol. The highest BCUT2D eigenvalue weighted by Crippen LogP contribution is 2.15. The van der Waals surface area contributed by atoms with Crippen LogP contribution in [0.1, 0.15) is 19.8 Å². The van der Waals surface area contributed by atoms with Crippen molar-refractivity contribution in [3.05, 3.63) is 0 Å². The second kappa shape index (κ2) is 8.13. The maximum atomic E-state index is 10.3. The van der Waals surface area contributed by atoms with Crippen LogP contribution in [0.4, 0.5) is 0 Å². The van der Waals surface area contributed by atoms with Gasteiger partial charge in [-0.2, -0.15) is 0 Å². The molecule has 0 aromatic carbocycles. The second-order valence-electron chi connectivity index (χ2n) is 5.06. The van der Waals surface area contributed by atoms with Gasteiger partial charge in [0.25, 0.3) is 0 Å². The van der Waals surface area contributed by atoms with E-state index in [0.29, 0.717) is 6.61 Å². The molecule has 1 heterocycles. The Hall–Kier alpha value is -0.250. The topological polar surface area (TPSA) is 102 Å². The summed E-state index contributed by atoms with van der Waals surface area (Å²) in [6.45, 7) is 5.41. The van der Waals surface area contributed by atoms with Crippen LogP contribution in [0, 0.1) is 5.92 Å². The van der Waals surface area contributed by atoms with E-state index in [2.05, 4.69) is 11.8 Å². The molecule has 0 aliphatic carbocycles. The van der Waals surface area contributed by atoms with Gasteiger partial charge in [-0.3, -0.25) is 0 Å². The molecule has 1 fully saturated rings. The van der Waals surface area contributed by atoms with Crippen LogP contribution in [0.25, 0.3) is 0 Å². The highest BCUT2D eigenvalue weighted by molar-refractivity contribution is 7.83. The van der Waals surface area contributed by atoms with Gasteiger partial charge in [-0.15, -0.1) is 0 Å². The van der Waals surface area contributed by atoms with Gasteiger partial charge in [0.05, 0.1) is 19.3 Å². The second-order valence-corrected chi connectivity index (χ2v) is 6.25. The Balaban J connectivity index is 2.01. The predicted octanol–water partition coefficient (Wildman–Crippen LogP) is -0.854. The minimum atomic E-state index is -4.50. The van der Waals surface area contributed by atoms with Crippen molar-refractivity contribution in [3.63, 3.8) is 0 Å². The van der Waals surface area contributed by atoms with Crippen LogP contribution in [-0.4, -0.2) is 68.5 Å². The largest absolute Gasteiger partial charge is 0.735 e. The molecule has 0 aromatic rings. The molecule has 2 N–H and O–H groups in total. The van der Waals surface area contributed by atoms with Gasteiger partial charge in [-0.1, -0.05) is 6.92 Å². The summed E-state index contributed by atoms with van der Waals surface area (Å²) in [5.41, 5.74) is 0. The molecule has 8 heteroatoms. The van der Waals surface area contributed by atoms with E-state index in [9.17, 15) is 18.1 Å². The fraction of sp³-hybridized carbons (Fsp3) is 1.00. The summed E-state index contributed by atoms with van der Waals surface area (Å²) in [7, 11) is -4.50. The molecule has 0 saturated carbocycles. The van der Waals surface area contributed by atoms with Crippen LogP contribution in [-0.2, 0) is 15.0 Å². The van der Waals surface area contributed by atoms with E-state index in [0.717, 1.165) is 25.6 Å². The summed E-state index contributed by atoms with van der Waals surface area (Å²) in [6.07, 6.45) is 1.41.